The smallest absolute Gasteiger partial charge is 0.143 e. The minimum absolute atomic E-state index is 0.171. The number of hydrogen-bond donors (Lipinski definition) is 2. The number of halogens is 2. The van der Waals surface area contributed by atoms with E-state index in [1.807, 2.05) is 20.8 Å². The van der Waals surface area contributed by atoms with Crippen molar-refractivity contribution in [1.82, 2.24) is 9.97 Å². The van der Waals surface area contributed by atoms with Crippen LogP contribution in [-0.2, 0) is 11.8 Å². The second-order valence-electron chi connectivity index (χ2n) is 5.86. The fourth-order valence-corrected chi connectivity index (χ4v) is 1.87. The summed E-state index contributed by atoms with van der Waals surface area (Å²) in [6.07, 6.45) is 0.171. The van der Waals surface area contributed by atoms with Crippen LogP contribution in [-0.4, -0.2) is 9.97 Å². The Bertz CT molecular complexity index is 651. The lowest BCUT2D eigenvalue weighted by Gasteiger charge is -2.19. The average Bonchev–Trinajstić information content (AvgIpc) is 2.40. The number of aromatic nitrogens is 2. The summed E-state index contributed by atoms with van der Waals surface area (Å²) >= 11 is 0. The van der Waals surface area contributed by atoms with Crippen LogP contribution in [0, 0.1) is 11.6 Å². The van der Waals surface area contributed by atoms with E-state index >= 15 is 0 Å². The molecule has 0 aliphatic carbocycles. The van der Waals surface area contributed by atoms with Crippen LogP contribution in [0.25, 0.3) is 0 Å². The van der Waals surface area contributed by atoms with Crippen LogP contribution in [0.5, 0.6) is 0 Å². The molecule has 0 spiro atoms. The summed E-state index contributed by atoms with van der Waals surface area (Å²) in [4.78, 5) is 8.66. The van der Waals surface area contributed by atoms with Crippen LogP contribution >= 0.6 is 0 Å². The van der Waals surface area contributed by atoms with Gasteiger partial charge in [-0.3, -0.25) is 0 Å². The largest absolute Gasteiger partial charge is 0.308 e. The first-order valence-electron chi connectivity index (χ1n) is 6.58. The number of anilines is 1. The molecule has 3 N–H and O–H groups in total. The third-order valence-corrected chi connectivity index (χ3v) is 3.05. The number of rotatable bonds is 3. The third kappa shape index (κ3) is 3.72. The maximum Gasteiger partial charge on any atom is 0.143 e. The SMILES string of the molecule is CC(C)(C)c1cc(NN)nc(Cc2ccc(F)cc2F)n1. The van der Waals surface area contributed by atoms with E-state index in [-0.39, 0.29) is 11.8 Å². The molecule has 1 aromatic heterocycles. The Balaban J connectivity index is 2.39. The van der Waals surface area contributed by atoms with Crippen LogP contribution in [0.4, 0.5) is 14.6 Å². The summed E-state index contributed by atoms with van der Waals surface area (Å²) in [5.74, 6) is 5.09. The number of nitrogens with one attached hydrogen (secondary N) is 1. The minimum Gasteiger partial charge on any atom is -0.308 e. The molecule has 1 aromatic carbocycles. The number of nitrogens with two attached hydrogens (primary N) is 1. The van der Waals surface area contributed by atoms with E-state index in [4.69, 9.17) is 5.84 Å². The summed E-state index contributed by atoms with van der Waals surface area (Å²) in [6, 6.07) is 5.22. The molecule has 4 nitrogen and oxygen atoms in total. The maximum absolute atomic E-state index is 13.7. The molecule has 0 saturated carbocycles. The van der Waals surface area contributed by atoms with Gasteiger partial charge in [0.25, 0.3) is 0 Å². The monoisotopic (exact) mass is 292 g/mol. The van der Waals surface area contributed by atoms with Crippen molar-refractivity contribution < 1.29 is 8.78 Å². The first kappa shape index (κ1) is 15.3. The molecule has 0 radical (unpaired) electrons. The third-order valence-electron chi connectivity index (χ3n) is 3.05. The highest BCUT2D eigenvalue weighted by atomic mass is 19.1. The van der Waals surface area contributed by atoms with Gasteiger partial charge in [-0.2, -0.15) is 0 Å². The fraction of sp³-hybridized carbons (Fsp3) is 0.333. The first-order valence-corrected chi connectivity index (χ1v) is 6.58. The zero-order valence-corrected chi connectivity index (χ0v) is 12.2. The number of hydrogen-bond acceptors (Lipinski definition) is 4. The van der Waals surface area contributed by atoms with Gasteiger partial charge in [0.2, 0.25) is 0 Å². The van der Waals surface area contributed by atoms with E-state index in [9.17, 15) is 8.78 Å². The number of nitrogen functional groups attached to an aromatic ring is 1. The highest BCUT2D eigenvalue weighted by Crippen LogP contribution is 2.23. The van der Waals surface area contributed by atoms with E-state index in [2.05, 4.69) is 15.4 Å². The molecule has 0 amide bonds. The van der Waals surface area contributed by atoms with E-state index in [1.165, 1.54) is 12.1 Å². The summed E-state index contributed by atoms with van der Waals surface area (Å²) in [6.45, 7) is 6.04. The summed E-state index contributed by atoms with van der Waals surface area (Å²) in [5.41, 5.74) is 3.43. The van der Waals surface area contributed by atoms with Gasteiger partial charge in [0.05, 0.1) is 5.69 Å². The molecule has 1 heterocycles. The van der Waals surface area contributed by atoms with Gasteiger partial charge in [0.1, 0.15) is 23.3 Å². The molecule has 0 aliphatic heterocycles. The van der Waals surface area contributed by atoms with E-state index in [0.717, 1.165) is 11.8 Å². The Kier molecular flexibility index (Phi) is 4.18. The minimum atomic E-state index is -0.609. The van der Waals surface area contributed by atoms with Gasteiger partial charge in [0, 0.05) is 24.0 Å². The summed E-state index contributed by atoms with van der Waals surface area (Å²) in [7, 11) is 0. The highest BCUT2D eigenvalue weighted by Gasteiger charge is 2.18. The molecule has 0 atom stereocenters. The Morgan fingerprint density at radius 3 is 2.43 bits per heavy atom. The van der Waals surface area contributed by atoms with Crippen LogP contribution in [0.15, 0.2) is 24.3 Å². The normalized spacial score (nSPS) is 11.5. The van der Waals surface area contributed by atoms with Crippen molar-refractivity contribution in [3.05, 3.63) is 53.0 Å². The van der Waals surface area contributed by atoms with Gasteiger partial charge in [0.15, 0.2) is 0 Å². The molecule has 0 saturated heterocycles. The van der Waals surface area contributed by atoms with E-state index < -0.39 is 11.6 Å². The molecule has 0 aliphatic rings. The summed E-state index contributed by atoms with van der Waals surface area (Å²) < 4.78 is 26.6. The molecule has 2 rings (SSSR count). The quantitative estimate of drug-likeness (QED) is 0.674. The summed E-state index contributed by atoms with van der Waals surface area (Å²) in [5, 5.41) is 0. The number of benzene rings is 1. The van der Waals surface area contributed by atoms with Crippen molar-refractivity contribution >= 4 is 5.82 Å². The standard InChI is InChI=1S/C15H18F2N4/c1-15(2,3)12-8-14(21-18)20-13(19-12)6-9-4-5-10(16)7-11(9)17/h4-5,7-8H,6,18H2,1-3H3,(H,19,20,21). The maximum atomic E-state index is 13.7. The van der Waals surface area contributed by atoms with Crippen molar-refractivity contribution in [1.29, 1.82) is 0 Å². The average molecular weight is 292 g/mol. The van der Waals surface area contributed by atoms with E-state index in [0.29, 0.717) is 17.2 Å². The molecule has 112 valence electrons. The molecule has 21 heavy (non-hydrogen) atoms. The topological polar surface area (TPSA) is 63.8 Å². The molecule has 0 unspecified atom stereocenters. The van der Waals surface area contributed by atoms with Crippen LogP contribution in [0.3, 0.4) is 0 Å². The van der Waals surface area contributed by atoms with Crippen molar-refractivity contribution in [3.8, 4) is 0 Å². The molecule has 0 fully saturated rings. The molecule has 2 aromatic rings. The first-order chi connectivity index (χ1) is 9.79. The van der Waals surface area contributed by atoms with Crippen molar-refractivity contribution in [2.24, 2.45) is 5.84 Å². The lowest BCUT2D eigenvalue weighted by molar-refractivity contribution is 0.560. The van der Waals surface area contributed by atoms with Crippen molar-refractivity contribution in [3.63, 3.8) is 0 Å². The van der Waals surface area contributed by atoms with Crippen LogP contribution < -0.4 is 11.3 Å². The van der Waals surface area contributed by atoms with Gasteiger partial charge < -0.3 is 5.43 Å². The van der Waals surface area contributed by atoms with Crippen LogP contribution in [0.2, 0.25) is 0 Å². The molecule has 0 bridgehead atoms. The Labute approximate surface area is 122 Å². The second kappa shape index (κ2) is 5.73. The van der Waals surface area contributed by atoms with Crippen molar-refractivity contribution in [2.45, 2.75) is 32.6 Å². The van der Waals surface area contributed by atoms with E-state index in [1.54, 1.807) is 6.07 Å². The van der Waals surface area contributed by atoms with Gasteiger partial charge in [-0.25, -0.2) is 24.6 Å². The fourth-order valence-electron chi connectivity index (χ4n) is 1.87. The Hall–Kier alpha value is -2.08. The van der Waals surface area contributed by atoms with Crippen molar-refractivity contribution in [2.75, 3.05) is 5.43 Å². The predicted octanol–water partition coefficient (Wildman–Crippen LogP) is 2.93. The number of nitrogens with zero attached hydrogens (tertiary/aromatic N) is 2. The van der Waals surface area contributed by atoms with Gasteiger partial charge in [-0.15, -0.1) is 0 Å². The Morgan fingerprint density at radius 2 is 1.86 bits per heavy atom. The second-order valence-corrected chi connectivity index (χ2v) is 5.86. The lowest BCUT2D eigenvalue weighted by Crippen LogP contribution is -2.18. The zero-order chi connectivity index (χ0) is 15.6. The molecular formula is C15H18F2N4. The van der Waals surface area contributed by atoms with Gasteiger partial charge in [-0.1, -0.05) is 26.8 Å². The zero-order valence-electron chi connectivity index (χ0n) is 12.2. The van der Waals surface area contributed by atoms with Gasteiger partial charge >= 0.3 is 0 Å². The lowest BCUT2D eigenvalue weighted by atomic mass is 9.92. The van der Waals surface area contributed by atoms with Gasteiger partial charge in [-0.05, 0) is 11.6 Å². The molecular weight excluding hydrogens is 274 g/mol. The molecule has 6 heteroatoms. The predicted molar refractivity (Wildman–Crippen MR) is 77.7 cm³/mol. The highest BCUT2D eigenvalue weighted by molar-refractivity contribution is 5.37. The Morgan fingerprint density at radius 1 is 1.14 bits per heavy atom. The number of hydrazine groups is 1. The van der Waals surface area contributed by atoms with Crippen LogP contribution in [0.1, 0.15) is 37.9 Å².